The van der Waals surface area contributed by atoms with Crippen LogP contribution in [0.4, 0.5) is 0 Å². The van der Waals surface area contributed by atoms with Crippen molar-refractivity contribution in [3.05, 3.63) is 29.3 Å². The Hall–Kier alpha value is -1.06. The number of aryl methyl sites for hydroxylation is 1. The lowest BCUT2D eigenvalue weighted by molar-refractivity contribution is 0.0502. The lowest BCUT2D eigenvalue weighted by Crippen LogP contribution is -2.09. The summed E-state index contributed by atoms with van der Waals surface area (Å²) in [6, 6.07) is 5.93. The van der Waals surface area contributed by atoms with Crippen LogP contribution in [0.25, 0.3) is 0 Å². The van der Waals surface area contributed by atoms with Gasteiger partial charge in [0.15, 0.2) is 6.79 Å². The van der Waals surface area contributed by atoms with Gasteiger partial charge in [0.1, 0.15) is 5.75 Å². The molecule has 3 heteroatoms. The van der Waals surface area contributed by atoms with Crippen LogP contribution in [0, 0.1) is 6.92 Å². The molecule has 0 saturated carbocycles. The molecule has 0 heterocycles. The average Bonchev–Trinajstić information content (AvgIpc) is 2.15. The van der Waals surface area contributed by atoms with Crippen molar-refractivity contribution in [3.8, 4) is 5.75 Å². The predicted molar refractivity (Wildman–Crippen MR) is 56.3 cm³/mol. The molecule has 78 valence electrons. The first-order valence-corrected chi connectivity index (χ1v) is 4.63. The topological polar surface area (TPSA) is 44.5 Å². The Kier molecular flexibility index (Phi) is 3.92. The van der Waals surface area contributed by atoms with Crippen LogP contribution in [0.1, 0.15) is 24.1 Å². The van der Waals surface area contributed by atoms with Gasteiger partial charge in [0.25, 0.3) is 0 Å². The van der Waals surface area contributed by atoms with Crippen molar-refractivity contribution in [1.29, 1.82) is 0 Å². The zero-order valence-electron chi connectivity index (χ0n) is 8.91. The molecule has 0 radical (unpaired) electrons. The molecule has 1 atom stereocenters. The number of benzene rings is 1. The zero-order valence-corrected chi connectivity index (χ0v) is 8.91. The van der Waals surface area contributed by atoms with Gasteiger partial charge in [-0.15, -0.1) is 0 Å². The molecule has 0 amide bonds. The molecule has 0 saturated heterocycles. The number of methoxy groups -OCH3 is 1. The molecule has 0 bridgehead atoms. The Morgan fingerprint density at radius 3 is 2.71 bits per heavy atom. The molecule has 0 aromatic heterocycles. The maximum absolute atomic E-state index is 5.83. The molecule has 0 aliphatic carbocycles. The fraction of sp³-hybridized carbons (Fsp3) is 0.455. The van der Waals surface area contributed by atoms with Gasteiger partial charge in [-0.1, -0.05) is 17.7 Å². The van der Waals surface area contributed by atoms with Gasteiger partial charge in [0, 0.05) is 18.7 Å². The van der Waals surface area contributed by atoms with Gasteiger partial charge >= 0.3 is 0 Å². The lowest BCUT2D eigenvalue weighted by atomic mass is 10.1. The molecular weight excluding hydrogens is 178 g/mol. The fourth-order valence-corrected chi connectivity index (χ4v) is 1.28. The van der Waals surface area contributed by atoms with E-state index in [0.29, 0.717) is 0 Å². The number of hydrogen-bond donors (Lipinski definition) is 1. The molecule has 1 aromatic rings. The summed E-state index contributed by atoms with van der Waals surface area (Å²) in [5.41, 5.74) is 8.03. The third-order valence-electron chi connectivity index (χ3n) is 1.99. The highest BCUT2D eigenvalue weighted by Gasteiger charge is 2.07. The maximum Gasteiger partial charge on any atom is 0.188 e. The molecule has 0 aliphatic rings. The van der Waals surface area contributed by atoms with Gasteiger partial charge in [-0.2, -0.15) is 0 Å². The van der Waals surface area contributed by atoms with E-state index in [1.54, 1.807) is 7.11 Å². The largest absolute Gasteiger partial charge is 0.467 e. The van der Waals surface area contributed by atoms with E-state index in [1.807, 2.05) is 32.0 Å². The normalized spacial score (nSPS) is 12.6. The van der Waals surface area contributed by atoms with Crippen LogP contribution >= 0.6 is 0 Å². The third kappa shape index (κ3) is 2.72. The van der Waals surface area contributed by atoms with Crippen molar-refractivity contribution in [2.45, 2.75) is 19.9 Å². The first-order chi connectivity index (χ1) is 6.65. The molecule has 2 N–H and O–H groups in total. The van der Waals surface area contributed by atoms with Gasteiger partial charge < -0.3 is 15.2 Å². The highest BCUT2D eigenvalue weighted by molar-refractivity contribution is 5.38. The van der Waals surface area contributed by atoms with E-state index in [1.165, 1.54) is 5.56 Å². The minimum absolute atomic E-state index is 0.0262. The molecule has 14 heavy (non-hydrogen) atoms. The van der Waals surface area contributed by atoms with Crippen LogP contribution < -0.4 is 10.5 Å². The minimum atomic E-state index is -0.0262. The molecule has 0 fully saturated rings. The van der Waals surface area contributed by atoms with Crippen molar-refractivity contribution >= 4 is 0 Å². The Morgan fingerprint density at radius 1 is 1.43 bits per heavy atom. The molecule has 0 unspecified atom stereocenters. The third-order valence-corrected chi connectivity index (χ3v) is 1.99. The van der Waals surface area contributed by atoms with Gasteiger partial charge in [-0.3, -0.25) is 0 Å². The van der Waals surface area contributed by atoms with Gasteiger partial charge in [0.05, 0.1) is 0 Å². The summed E-state index contributed by atoms with van der Waals surface area (Å²) < 4.78 is 10.2. The minimum Gasteiger partial charge on any atom is -0.467 e. The van der Waals surface area contributed by atoms with E-state index < -0.39 is 0 Å². The lowest BCUT2D eigenvalue weighted by Gasteiger charge is -2.14. The van der Waals surface area contributed by atoms with Crippen molar-refractivity contribution in [2.24, 2.45) is 5.73 Å². The Morgan fingerprint density at radius 2 is 2.14 bits per heavy atom. The molecule has 1 rings (SSSR count). The van der Waals surface area contributed by atoms with E-state index in [2.05, 4.69) is 0 Å². The van der Waals surface area contributed by atoms with Crippen LogP contribution in [0.3, 0.4) is 0 Å². The SMILES string of the molecule is COCOc1ccc(C)cc1[C@@H](C)N. The van der Waals surface area contributed by atoms with Crippen LogP contribution in [-0.2, 0) is 4.74 Å². The summed E-state index contributed by atoms with van der Waals surface area (Å²) in [4.78, 5) is 0. The predicted octanol–water partition coefficient (Wildman–Crippen LogP) is 2.00. The molecule has 0 spiro atoms. The standard InChI is InChI=1S/C11H17NO2/c1-8-4-5-11(14-7-13-3)10(6-8)9(2)12/h4-6,9H,7,12H2,1-3H3/t9-/m1/s1. The first-order valence-electron chi connectivity index (χ1n) is 4.63. The first kappa shape index (κ1) is 11.0. The number of hydrogen-bond acceptors (Lipinski definition) is 3. The van der Waals surface area contributed by atoms with Crippen molar-refractivity contribution < 1.29 is 9.47 Å². The highest BCUT2D eigenvalue weighted by Crippen LogP contribution is 2.24. The zero-order chi connectivity index (χ0) is 10.6. The van der Waals surface area contributed by atoms with Crippen LogP contribution in [0.2, 0.25) is 0 Å². The average molecular weight is 195 g/mol. The van der Waals surface area contributed by atoms with Crippen molar-refractivity contribution in [3.63, 3.8) is 0 Å². The maximum atomic E-state index is 5.83. The van der Waals surface area contributed by atoms with E-state index >= 15 is 0 Å². The number of ether oxygens (including phenoxy) is 2. The summed E-state index contributed by atoms with van der Waals surface area (Å²) in [6.07, 6.45) is 0. The van der Waals surface area contributed by atoms with E-state index in [0.717, 1.165) is 11.3 Å². The van der Waals surface area contributed by atoms with Gasteiger partial charge in [-0.05, 0) is 19.9 Å². The summed E-state index contributed by atoms with van der Waals surface area (Å²) in [5.74, 6) is 0.799. The number of rotatable bonds is 4. The summed E-state index contributed by atoms with van der Waals surface area (Å²) >= 11 is 0. The number of nitrogens with two attached hydrogens (primary N) is 1. The monoisotopic (exact) mass is 195 g/mol. The smallest absolute Gasteiger partial charge is 0.188 e. The second-order valence-electron chi connectivity index (χ2n) is 3.38. The summed E-state index contributed by atoms with van der Waals surface area (Å²) in [5, 5.41) is 0. The second kappa shape index (κ2) is 4.98. The van der Waals surface area contributed by atoms with E-state index in [-0.39, 0.29) is 12.8 Å². The molecule has 3 nitrogen and oxygen atoms in total. The van der Waals surface area contributed by atoms with Crippen molar-refractivity contribution in [2.75, 3.05) is 13.9 Å². The van der Waals surface area contributed by atoms with Crippen LogP contribution in [0.5, 0.6) is 5.75 Å². The summed E-state index contributed by atoms with van der Waals surface area (Å²) in [7, 11) is 1.60. The van der Waals surface area contributed by atoms with Crippen molar-refractivity contribution in [1.82, 2.24) is 0 Å². The van der Waals surface area contributed by atoms with Crippen LogP contribution in [-0.4, -0.2) is 13.9 Å². The Bertz CT molecular complexity index is 297. The second-order valence-corrected chi connectivity index (χ2v) is 3.38. The quantitative estimate of drug-likeness (QED) is 0.747. The molecule has 1 aromatic carbocycles. The highest BCUT2D eigenvalue weighted by atomic mass is 16.7. The van der Waals surface area contributed by atoms with E-state index in [4.69, 9.17) is 15.2 Å². The molecular formula is C11H17NO2. The Balaban J connectivity index is 2.90. The van der Waals surface area contributed by atoms with Gasteiger partial charge in [0.2, 0.25) is 0 Å². The molecule has 0 aliphatic heterocycles. The van der Waals surface area contributed by atoms with Crippen LogP contribution in [0.15, 0.2) is 18.2 Å². The van der Waals surface area contributed by atoms with E-state index in [9.17, 15) is 0 Å². The summed E-state index contributed by atoms with van der Waals surface area (Å²) in [6.45, 7) is 4.23. The Labute approximate surface area is 84.8 Å². The van der Waals surface area contributed by atoms with Gasteiger partial charge in [-0.25, -0.2) is 0 Å². The fourth-order valence-electron chi connectivity index (χ4n) is 1.28.